The van der Waals surface area contributed by atoms with Crippen LogP contribution in [0.25, 0.3) is 0 Å². The molecule has 2 N–H and O–H groups in total. The summed E-state index contributed by atoms with van der Waals surface area (Å²) in [5, 5.41) is 12.6. The molecule has 11 heavy (non-hydrogen) atoms. The second kappa shape index (κ2) is 4.43. The molecule has 0 amide bonds. The third kappa shape index (κ3) is 2.96. The second-order valence-corrected chi connectivity index (χ2v) is 3.58. The number of aliphatic hydroxyl groups excluding tert-OH is 1. The molecule has 0 saturated carbocycles. The van der Waals surface area contributed by atoms with E-state index in [1.807, 2.05) is 13.1 Å². The van der Waals surface area contributed by atoms with Gasteiger partial charge < -0.3 is 10.4 Å². The summed E-state index contributed by atoms with van der Waals surface area (Å²) < 4.78 is 0. The number of aryl methyl sites for hydroxylation is 1. The Morgan fingerprint density at radius 2 is 2.55 bits per heavy atom. The van der Waals surface area contributed by atoms with Crippen molar-refractivity contribution in [1.82, 2.24) is 10.3 Å². The van der Waals surface area contributed by atoms with Gasteiger partial charge in [-0.15, -0.1) is 11.3 Å². The first-order valence-corrected chi connectivity index (χ1v) is 4.37. The smallest absolute Gasteiger partial charge is 0.107 e. The van der Waals surface area contributed by atoms with E-state index in [1.165, 1.54) is 4.88 Å². The number of thiazole rings is 1. The van der Waals surface area contributed by atoms with Crippen LogP contribution >= 0.6 is 11.3 Å². The van der Waals surface area contributed by atoms with Crippen molar-refractivity contribution in [2.45, 2.75) is 13.5 Å². The minimum atomic E-state index is 0.185. The number of hydrogen-bond acceptors (Lipinski definition) is 4. The van der Waals surface area contributed by atoms with E-state index in [-0.39, 0.29) is 6.61 Å². The molecule has 1 rings (SSSR count). The third-order valence-electron chi connectivity index (χ3n) is 1.23. The molecule has 1 heterocycles. The Kier molecular flexibility index (Phi) is 3.48. The Hall–Kier alpha value is -0.450. The van der Waals surface area contributed by atoms with Crippen molar-refractivity contribution in [2.24, 2.45) is 0 Å². The van der Waals surface area contributed by atoms with Gasteiger partial charge >= 0.3 is 0 Å². The summed E-state index contributed by atoms with van der Waals surface area (Å²) in [6.07, 6.45) is 1.86. The number of nitrogens with one attached hydrogen (secondary N) is 1. The molecule has 62 valence electrons. The van der Waals surface area contributed by atoms with Crippen molar-refractivity contribution in [3.63, 3.8) is 0 Å². The topological polar surface area (TPSA) is 45.2 Å². The van der Waals surface area contributed by atoms with Crippen molar-refractivity contribution in [1.29, 1.82) is 0 Å². The molecule has 0 atom stereocenters. The predicted octanol–water partition coefficient (Wildman–Crippen LogP) is 0.533. The largest absolute Gasteiger partial charge is 0.395 e. The Bertz CT molecular complexity index is 212. The first-order chi connectivity index (χ1) is 5.33. The molecule has 0 unspecified atom stereocenters. The maximum Gasteiger partial charge on any atom is 0.107 e. The van der Waals surface area contributed by atoms with E-state index in [9.17, 15) is 0 Å². The zero-order valence-corrected chi connectivity index (χ0v) is 7.32. The van der Waals surface area contributed by atoms with Crippen molar-refractivity contribution in [3.05, 3.63) is 16.1 Å². The van der Waals surface area contributed by atoms with Crippen molar-refractivity contribution in [3.8, 4) is 0 Å². The fourth-order valence-electron chi connectivity index (χ4n) is 0.758. The van der Waals surface area contributed by atoms with Crippen LogP contribution in [0, 0.1) is 6.92 Å². The van der Waals surface area contributed by atoms with E-state index in [2.05, 4.69) is 10.3 Å². The molecule has 3 nitrogen and oxygen atoms in total. The summed E-state index contributed by atoms with van der Waals surface area (Å²) in [6.45, 7) is 3.62. The number of hydrogen-bond donors (Lipinski definition) is 2. The summed E-state index contributed by atoms with van der Waals surface area (Å²) in [7, 11) is 0. The fraction of sp³-hybridized carbons (Fsp3) is 0.571. The van der Waals surface area contributed by atoms with E-state index >= 15 is 0 Å². The number of aliphatic hydroxyl groups is 1. The van der Waals surface area contributed by atoms with E-state index in [0.717, 1.165) is 11.6 Å². The number of nitrogens with zero attached hydrogens (tertiary/aromatic N) is 1. The van der Waals surface area contributed by atoms with Gasteiger partial charge in [-0.3, -0.25) is 0 Å². The average molecular weight is 172 g/mol. The molecule has 0 spiro atoms. The maximum absolute atomic E-state index is 8.47. The SMILES string of the molecule is Cc1cnc(CNCCO)s1. The Labute approximate surface area is 70.1 Å². The maximum atomic E-state index is 8.47. The molecule has 0 aromatic carbocycles. The van der Waals surface area contributed by atoms with Gasteiger partial charge in [-0.1, -0.05) is 0 Å². The monoisotopic (exact) mass is 172 g/mol. The zero-order chi connectivity index (χ0) is 8.10. The molecule has 1 aromatic heterocycles. The average Bonchev–Trinajstić information content (AvgIpc) is 2.37. The van der Waals surface area contributed by atoms with Gasteiger partial charge in [0.05, 0.1) is 6.61 Å². The number of aromatic nitrogens is 1. The van der Waals surface area contributed by atoms with Crippen LogP contribution in [0.1, 0.15) is 9.88 Å². The lowest BCUT2D eigenvalue weighted by molar-refractivity contribution is 0.292. The summed E-state index contributed by atoms with van der Waals surface area (Å²) in [5.41, 5.74) is 0. The van der Waals surface area contributed by atoms with E-state index in [4.69, 9.17) is 5.11 Å². The lowest BCUT2D eigenvalue weighted by Gasteiger charge is -1.96. The first kappa shape index (κ1) is 8.64. The molecular weight excluding hydrogens is 160 g/mol. The van der Waals surface area contributed by atoms with Gasteiger partial charge in [-0.2, -0.15) is 0 Å². The molecule has 0 aliphatic rings. The Morgan fingerprint density at radius 1 is 1.73 bits per heavy atom. The van der Waals surface area contributed by atoms with Gasteiger partial charge in [0.1, 0.15) is 5.01 Å². The normalized spacial score (nSPS) is 10.4. The first-order valence-electron chi connectivity index (χ1n) is 3.56. The zero-order valence-electron chi connectivity index (χ0n) is 6.50. The van der Waals surface area contributed by atoms with Crippen LogP contribution in [0.3, 0.4) is 0 Å². The summed E-state index contributed by atoms with van der Waals surface area (Å²) in [6, 6.07) is 0. The molecule has 0 aliphatic heterocycles. The highest BCUT2D eigenvalue weighted by Gasteiger charge is 1.95. The van der Waals surface area contributed by atoms with Gasteiger partial charge in [-0.25, -0.2) is 4.98 Å². The van der Waals surface area contributed by atoms with E-state index in [0.29, 0.717) is 6.54 Å². The molecular formula is C7H12N2OS. The van der Waals surface area contributed by atoms with Crippen molar-refractivity contribution < 1.29 is 5.11 Å². The molecule has 0 aliphatic carbocycles. The summed E-state index contributed by atoms with van der Waals surface area (Å²) in [5.74, 6) is 0. The number of rotatable bonds is 4. The quantitative estimate of drug-likeness (QED) is 0.651. The van der Waals surface area contributed by atoms with Crippen molar-refractivity contribution in [2.75, 3.05) is 13.2 Å². The molecule has 0 fully saturated rings. The van der Waals surface area contributed by atoms with Crippen molar-refractivity contribution >= 4 is 11.3 Å². The van der Waals surface area contributed by atoms with Gasteiger partial charge in [0.25, 0.3) is 0 Å². The molecule has 0 radical (unpaired) electrons. The van der Waals surface area contributed by atoms with Crippen LogP contribution in [-0.2, 0) is 6.54 Å². The molecule has 0 bridgehead atoms. The van der Waals surface area contributed by atoms with Crippen LogP contribution in [0.4, 0.5) is 0 Å². The Morgan fingerprint density at radius 3 is 3.09 bits per heavy atom. The second-order valence-electron chi connectivity index (χ2n) is 2.27. The van der Waals surface area contributed by atoms with Gasteiger partial charge in [0, 0.05) is 24.2 Å². The Balaban J connectivity index is 2.27. The highest BCUT2D eigenvalue weighted by molar-refractivity contribution is 7.11. The standard InChI is InChI=1S/C7H12N2OS/c1-6-4-9-7(11-6)5-8-2-3-10/h4,8,10H,2-3,5H2,1H3. The van der Waals surface area contributed by atoms with Crippen LogP contribution < -0.4 is 5.32 Å². The summed E-state index contributed by atoms with van der Waals surface area (Å²) >= 11 is 1.68. The van der Waals surface area contributed by atoms with Crippen LogP contribution in [0.15, 0.2) is 6.20 Å². The van der Waals surface area contributed by atoms with Gasteiger partial charge in [0.15, 0.2) is 0 Å². The van der Waals surface area contributed by atoms with Crippen LogP contribution in [-0.4, -0.2) is 23.2 Å². The highest BCUT2D eigenvalue weighted by Crippen LogP contribution is 2.09. The minimum Gasteiger partial charge on any atom is -0.395 e. The predicted molar refractivity (Wildman–Crippen MR) is 45.6 cm³/mol. The summed E-state index contributed by atoms with van der Waals surface area (Å²) in [4.78, 5) is 5.39. The van der Waals surface area contributed by atoms with Gasteiger partial charge in [-0.05, 0) is 6.92 Å². The molecule has 4 heteroatoms. The lowest BCUT2D eigenvalue weighted by atomic mass is 10.6. The third-order valence-corrected chi connectivity index (χ3v) is 2.15. The molecule has 0 saturated heterocycles. The lowest BCUT2D eigenvalue weighted by Crippen LogP contribution is -2.17. The van der Waals surface area contributed by atoms with Crippen LogP contribution in [0.5, 0.6) is 0 Å². The van der Waals surface area contributed by atoms with Gasteiger partial charge in [0.2, 0.25) is 0 Å². The fourth-order valence-corrected chi connectivity index (χ4v) is 1.51. The van der Waals surface area contributed by atoms with E-state index in [1.54, 1.807) is 11.3 Å². The minimum absolute atomic E-state index is 0.185. The van der Waals surface area contributed by atoms with Crippen LogP contribution in [0.2, 0.25) is 0 Å². The molecule has 1 aromatic rings. The highest BCUT2D eigenvalue weighted by atomic mass is 32.1. The van der Waals surface area contributed by atoms with E-state index < -0.39 is 0 Å².